The highest BCUT2D eigenvalue weighted by atomic mass is 35.5. The number of aliphatic imine (C=N–C) groups is 1. The van der Waals surface area contributed by atoms with Gasteiger partial charge in [-0.25, -0.2) is 4.79 Å². The van der Waals surface area contributed by atoms with Crippen LogP contribution in [0.4, 0.5) is 0 Å². The van der Waals surface area contributed by atoms with Gasteiger partial charge in [-0.05, 0) is 26.7 Å². The monoisotopic (exact) mass is 331 g/mol. The summed E-state index contributed by atoms with van der Waals surface area (Å²) in [7, 11) is 0. The van der Waals surface area contributed by atoms with Crippen LogP contribution >= 0.6 is 11.6 Å². The molecule has 1 saturated carbocycles. The Balaban J connectivity index is 2.17. The van der Waals surface area contributed by atoms with E-state index in [-0.39, 0.29) is 0 Å². The predicted octanol–water partition coefficient (Wildman–Crippen LogP) is 3.61. The fourth-order valence-corrected chi connectivity index (χ4v) is 3.14. The topological polar surface area (TPSA) is 54.3 Å². The second-order valence-corrected chi connectivity index (χ2v) is 6.13. The molecular formula is C17H18ClN3O2. The Hall–Kier alpha value is -2.10. The standard InChI is InChI=1S/C17H18ClN3O2/c1-3-23-16-14(18)15(12-7-5-4-6-8-12)20-17(2,13-9-10-13)21(16)19-11-22/h4-8,13H,3,9-10H2,1-2H3. The third-order valence-corrected chi connectivity index (χ3v) is 4.52. The fourth-order valence-electron chi connectivity index (χ4n) is 2.85. The van der Waals surface area contributed by atoms with Crippen LogP contribution in [0.15, 0.2) is 51.3 Å². The van der Waals surface area contributed by atoms with Crippen molar-refractivity contribution in [3.05, 3.63) is 46.8 Å². The molecule has 23 heavy (non-hydrogen) atoms. The van der Waals surface area contributed by atoms with Crippen molar-refractivity contribution in [2.45, 2.75) is 32.4 Å². The summed E-state index contributed by atoms with van der Waals surface area (Å²) in [5.41, 5.74) is 0.893. The summed E-state index contributed by atoms with van der Waals surface area (Å²) in [6.45, 7) is 4.23. The van der Waals surface area contributed by atoms with Gasteiger partial charge in [0.25, 0.3) is 6.08 Å². The maximum absolute atomic E-state index is 10.9. The number of rotatable bonds is 5. The van der Waals surface area contributed by atoms with Crippen LogP contribution in [0.5, 0.6) is 0 Å². The van der Waals surface area contributed by atoms with Gasteiger partial charge in [-0.1, -0.05) is 47.0 Å². The summed E-state index contributed by atoms with van der Waals surface area (Å²) in [6, 6.07) is 9.73. The van der Waals surface area contributed by atoms with E-state index in [4.69, 9.17) is 21.3 Å². The molecule has 6 heteroatoms. The van der Waals surface area contributed by atoms with Gasteiger partial charge in [-0.3, -0.25) is 4.99 Å². The van der Waals surface area contributed by atoms with Crippen molar-refractivity contribution < 1.29 is 9.53 Å². The molecule has 1 fully saturated rings. The summed E-state index contributed by atoms with van der Waals surface area (Å²) in [5.74, 6) is 0.666. The minimum atomic E-state index is -0.689. The number of nitrogens with zero attached hydrogens (tertiary/aromatic N) is 3. The quantitative estimate of drug-likeness (QED) is 0.611. The van der Waals surface area contributed by atoms with Gasteiger partial charge in [0, 0.05) is 11.5 Å². The second kappa shape index (κ2) is 6.19. The first-order valence-electron chi connectivity index (χ1n) is 7.68. The van der Waals surface area contributed by atoms with Crippen molar-refractivity contribution >= 4 is 23.4 Å². The number of benzene rings is 1. The Morgan fingerprint density at radius 2 is 2.13 bits per heavy atom. The lowest BCUT2D eigenvalue weighted by Crippen LogP contribution is -2.47. The molecule has 1 atom stereocenters. The van der Waals surface area contributed by atoms with Crippen LogP contribution in [0.2, 0.25) is 0 Å². The highest BCUT2D eigenvalue weighted by molar-refractivity contribution is 6.46. The van der Waals surface area contributed by atoms with E-state index in [1.807, 2.05) is 44.2 Å². The molecule has 0 amide bonds. The SMILES string of the molecule is CCOC1=C(Cl)C(c2ccccc2)=NC(C)(C2CC2)N1N=C=O. The largest absolute Gasteiger partial charge is 0.477 e. The van der Waals surface area contributed by atoms with E-state index >= 15 is 0 Å². The first-order valence-corrected chi connectivity index (χ1v) is 8.05. The average molecular weight is 332 g/mol. The molecule has 1 heterocycles. The molecule has 5 nitrogen and oxygen atoms in total. The summed E-state index contributed by atoms with van der Waals surface area (Å²) >= 11 is 6.54. The molecule has 2 aliphatic rings. The van der Waals surface area contributed by atoms with E-state index in [9.17, 15) is 4.79 Å². The van der Waals surface area contributed by atoms with Gasteiger partial charge in [-0.2, -0.15) is 5.01 Å². The van der Waals surface area contributed by atoms with Gasteiger partial charge in [0.1, 0.15) is 5.03 Å². The molecule has 1 aromatic rings. The molecule has 0 aromatic heterocycles. The summed E-state index contributed by atoms with van der Waals surface area (Å²) in [6.07, 6.45) is 3.66. The fraction of sp³-hybridized carbons (Fsp3) is 0.412. The Kier molecular flexibility index (Phi) is 4.24. The van der Waals surface area contributed by atoms with Crippen molar-refractivity contribution in [2.75, 3.05) is 6.61 Å². The molecule has 0 radical (unpaired) electrons. The van der Waals surface area contributed by atoms with Crippen molar-refractivity contribution in [2.24, 2.45) is 16.0 Å². The van der Waals surface area contributed by atoms with Gasteiger partial charge in [0.15, 0.2) is 5.66 Å². The van der Waals surface area contributed by atoms with Crippen molar-refractivity contribution in [1.29, 1.82) is 0 Å². The van der Waals surface area contributed by atoms with Gasteiger partial charge >= 0.3 is 0 Å². The zero-order chi connectivity index (χ0) is 16.4. The third-order valence-electron chi connectivity index (χ3n) is 4.17. The molecule has 1 unspecified atom stereocenters. The van der Waals surface area contributed by atoms with Gasteiger partial charge < -0.3 is 4.74 Å². The zero-order valence-electron chi connectivity index (χ0n) is 13.1. The van der Waals surface area contributed by atoms with Crippen LogP contribution in [0.25, 0.3) is 0 Å². The minimum Gasteiger partial charge on any atom is -0.477 e. The van der Waals surface area contributed by atoms with Gasteiger partial charge in [0.05, 0.1) is 12.3 Å². The lowest BCUT2D eigenvalue weighted by Gasteiger charge is -2.39. The number of halogens is 1. The maximum atomic E-state index is 10.9. The maximum Gasteiger partial charge on any atom is 0.258 e. The van der Waals surface area contributed by atoms with E-state index in [1.54, 1.807) is 6.08 Å². The summed E-state index contributed by atoms with van der Waals surface area (Å²) in [4.78, 5) is 15.8. The number of allylic oxidation sites excluding steroid dienone is 1. The Bertz CT molecular complexity index is 706. The van der Waals surface area contributed by atoms with Crippen LogP contribution in [0.1, 0.15) is 32.3 Å². The van der Waals surface area contributed by atoms with Crippen LogP contribution in [0, 0.1) is 5.92 Å². The van der Waals surface area contributed by atoms with E-state index in [0.29, 0.717) is 29.2 Å². The van der Waals surface area contributed by atoms with Crippen LogP contribution in [-0.4, -0.2) is 29.1 Å². The number of isocyanates is 1. The van der Waals surface area contributed by atoms with Crippen LogP contribution in [0.3, 0.4) is 0 Å². The Morgan fingerprint density at radius 3 is 2.70 bits per heavy atom. The molecule has 1 aromatic carbocycles. The van der Waals surface area contributed by atoms with Crippen LogP contribution in [-0.2, 0) is 9.53 Å². The molecule has 120 valence electrons. The number of hydrogen-bond donors (Lipinski definition) is 0. The molecule has 3 rings (SSSR count). The van der Waals surface area contributed by atoms with E-state index in [2.05, 4.69) is 5.10 Å². The zero-order valence-corrected chi connectivity index (χ0v) is 13.9. The Morgan fingerprint density at radius 1 is 1.43 bits per heavy atom. The summed E-state index contributed by atoms with van der Waals surface area (Å²) < 4.78 is 5.71. The highest BCUT2D eigenvalue weighted by Gasteiger charge is 2.51. The number of ether oxygens (including phenoxy) is 1. The first kappa shape index (κ1) is 15.8. The van der Waals surface area contributed by atoms with Gasteiger partial charge in [-0.15, -0.1) is 0 Å². The number of hydrogen-bond acceptors (Lipinski definition) is 5. The molecule has 0 spiro atoms. The van der Waals surface area contributed by atoms with E-state index in [0.717, 1.165) is 18.4 Å². The van der Waals surface area contributed by atoms with Crippen molar-refractivity contribution in [3.8, 4) is 0 Å². The van der Waals surface area contributed by atoms with Crippen molar-refractivity contribution in [1.82, 2.24) is 5.01 Å². The lowest BCUT2D eigenvalue weighted by atomic mass is 10.0. The Labute approximate surface area is 140 Å². The van der Waals surface area contributed by atoms with Gasteiger partial charge in [0.2, 0.25) is 5.88 Å². The number of carbonyl (C=O) groups excluding carboxylic acids is 1. The van der Waals surface area contributed by atoms with E-state index in [1.165, 1.54) is 5.01 Å². The number of hydrazone groups is 1. The minimum absolute atomic E-state index is 0.304. The van der Waals surface area contributed by atoms with Crippen molar-refractivity contribution in [3.63, 3.8) is 0 Å². The second-order valence-electron chi connectivity index (χ2n) is 5.75. The normalized spacial score (nSPS) is 24.1. The summed E-state index contributed by atoms with van der Waals surface area (Å²) in [5, 5.41) is 5.67. The van der Waals surface area contributed by atoms with E-state index < -0.39 is 5.66 Å². The molecule has 0 bridgehead atoms. The molecular weight excluding hydrogens is 314 g/mol. The molecule has 0 N–H and O–H groups in total. The third kappa shape index (κ3) is 2.78. The smallest absolute Gasteiger partial charge is 0.258 e. The molecule has 1 aliphatic heterocycles. The predicted molar refractivity (Wildman–Crippen MR) is 88.6 cm³/mol. The lowest BCUT2D eigenvalue weighted by molar-refractivity contribution is 0.0345. The van der Waals surface area contributed by atoms with Crippen LogP contribution < -0.4 is 0 Å². The average Bonchev–Trinajstić information content (AvgIpc) is 3.40. The first-order chi connectivity index (χ1) is 11.1. The molecule has 1 aliphatic carbocycles. The molecule has 0 saturated heterocycles. The highest BCUT2D eigenvalue weighted by Crippen LogP contribution is 2.48.